The van der Waals surface area contributed by atoms with Gasteiger partial charge in [-0.3, -0.25) is 29.2 Å². The number of aromatic nitrogens is 1. The number of hydrogen-bond donors (Lipinski definition) is 1. The molecule has 0 fully saturated rings. The van der Waals surface area contributed by atoms with Crippen LogP contribution < -0.4 is 20.3 Å². The molecule has 0 spiro atoms. The van der Waals surface area contributed by atoms with Gasteiger partial charge >= 0.3 is 0 Å². The third-order valence-corrected chi connectivity index (χ3v) is 5.35. The fourth-order valence-electron chi connectivity index (χ4n) is 3.92. The molecule has 8 nitrogen and oxygen atoms in total. The van der Waals surface area contributed by atoms with E-state index in [9.17, 15) is 18.8 Å². The highest BCUT2D eigenvalue weighted by molar-refractivity contribution is 6.16. The Morgan fingerprint density at radius 1 is 1.16 bits per heavy atom. The number of rotatable bonds is 5. The second-order valence-electron chi connectivity index (χ2n) is 7.92. The Labute approximate surface area is 183 Å². The minimum Gasteiger partial charge on any atom is -0.483 e. The molecular formula is C23H21FN4O4. The Kier molecular flexibility index (Phi) is 5.25. The summed E-state index contributed by atoms with van der Waals surface area (Å²) < 4.78 is 19.8. The molecule has 2 aromatic carbocycles. The largest absolute Gasteiger partial charge is 0.483 e. The van der Waals surface area contributed by atoms with E-state index in [1.54, 1.807) is 44.4 Å². The molecule has 4 rings (SSSR count). The van der Waals surface area contributed by atoms with Crippen LogP contribution in [0.25, 0.3) is 10.8 Å². The summed E-state index contributed by atoms with van der Waals surface area (Å²) in [4.78, 5) is 44.4. The molecule has 9 heteroatoms. The summed E-state index contributed by atoms with van der Waals surface area (Å²) in [5.41, 5.74) is 4.31. The lowest BCUT2D eigenvalue weighted by Gasteiger charge is -2.46. The van der Waals surface area contributed by atoms with Crippen LogP contribution >= 0.6 is 0 Å². The van der Waals surface area contributed by atoms with Crippen LogP contribution in [0.2, 0.25) is 0 Å². The average molecular weight is 436 g/mol. The number of carbonyl (C=O) groups is 3. The quantitative estimate of drug-likeness (QED) is 0.661. The van der Waals surface area contributed by atoms with Gasteiger partial charge in [-0.1, -0.05) is 12.1 Å². The van der Waals surface area contributed by atoms with Crippen LogP contribution in [-0.4, -0.2) is 41.4 Å². The number of primary amides is 1. The predicted molar refractivity (Wildman–Crippen MR) is 117 cm³/mol. The molecule has 0 bridgehead atoms. The van der Waals surface area contributed by atoms with Crippen LogP contribution in [0.1, 0.15) is 13.8 Å². The summed E-state index contributed by atoms with van der Waals surface area (Å²) in [5.74, 6) is -1.93. The molecule has 1 aromatic heterocycles. The Morgan fingerprint density at radius 2 is 1.94 bits per heavy atom. The molecule has 1 aliphatic rings. The number of benzene rings is 2. The molecular weight excluding hydrogens is 415 g/mol. The zero-order chi connectivity index (χ0) is 23.0. The van der Waals surface area contributed by atoms with Crippen molar-refractivity contribution >= 4 is 39.9 Å². The summed E-state index contributed by atoms with van der Waals surface area (Å²) in [6.45, 7) is 2.32. The second kappa shape index (κ2) is 7.92. The van der Waals surface area contributed by atoms with Crippen molar-refractivity contribution in [3.05, 3.63) is 60.7 Å². The molecule has 164 valence electrons. The van der Waals surface area contributed by atoms with E-state index in [1.165, 1.54) is 17.0 Å². The van der Waals surface area contributed by atoms with Gasteiger partial charge in [0.1, 0.15) is 23.7 Å². The first-order chi connectivity index (χ1) is 15.2. The van der Waals surface area contributed by atoms with Crippen molar-refractivity contribution in [1.29, 1.82) is 0 Å². The second-order valence-corrected chi connectivity index (χ2v) is 7.92. The van der Waals surface area contributed by atoms with Crippen molar-refractivity contribution < 1.29 is 23.5 Å². The fourth-order valence-corrected chi connectivity index (χ4v) is 3.92. The van der Waals surface area contributed by atoms with Gasteiger partial charge in [-0.25, -0.2) is 4.39 Å². The van der Waals surface area contributed by atoms with Crippen LogP contribution in [0.5, 0.6) is 5.75 Å². The number of halogens is 1. The lowest BCUT2D eigenvalue weighted by Crippen LogP contribution is -2.63. The van der Waals surface area contributed by atoms with Gasteiger partial charge in [0, 0.05) is 23.2 Å². The molecule has 1 aliphatic heterocycles. The summed E-state index contributed by atoms with van der Waals surface area (Å²) in [6, 6.07) is 10.9. The molecule has 2 heterocycles. The predicted octanol–water partition coefficient (Wildman–Crippen LogP) is 2.40. The SMILES string of the molecule is CC1(C)C(=O)N(CC(N)=O)c2cc(F)ccc2N1C(=O)COc1cccc2cnccc12. The standard InChI is InChI=1S/C23H21FN4O4/c1-23(2)22(31)27(12-20(25)29)18-10-15(24)6-7-17(18)28(23)21(30)13-32-19-5-3-4-14-11-26-9-8-16(14)19/h3-11H,12-13H2,1-2H3,(H2,25,29). The van der Waals surface area contributed by atoms with Gasteiger partial charge in [0.15, 0.2) is 6.61 Å². The van der Waals surface area contributed by atoms with E-state index in [4.69, 9.17) is 10.5 Å². The van der Waals surface area contributed by atoms with E-state index < -0.39 is 35.6 Å². The van der Waals surface area contributed by atoms with E-state index in [1.807, 2.05) is 6.07 Å². The van der Waals surface area contributed by atoms with Crippen LogP contribution in [0.15, 0.2) is 54.9 Å². The normalized spacial score (nSPS) is 14.9. The zero-order valence-electron chi connectivity index (χ0n) is 17.5. The summed E-state index contributed by atoms with van der Waals surface area (Å²) in [5, 5.41) is 1.65. The first-order valence-corrected chi connectivity index (χ1v) is 9.88. The Balaban J connectivity index is 1.69. The Bertz CT molecular complexity index is 1240. The molecule has 0 atom stereocenters. The minimum atomic E-state index is -1.36. The molecule has 0 radical (unpaired) electrons. The fraction of sp³-hybridized carbons (Fsp3) is 0.217. The van der Waals surface area contributed by atoms with E-state index in [0.29, 0.717) is 5.75 Å². The number of carbonyl (C=O) groups excluding carboxylic acids is 3. The number of anilines is 2. The first-order valence-electron chi connectivity index (χ1n) is 9.88. The maximum Gasteiger partial charge on any atom is 0.265 e. The molecule has 2 N–H and O–H groups in total. The van der Waals surface area contributed by atoms with E-state index in [2.05, 4.69) is 4.98 Å². The van der Waals surface area contributed by atoms with Gasteiger partial charge in [0.25, 0.3) is 11.8 Å². The summed E-state index contributed by atoms with van der Waals surface area (Å²) in [7, 11) is 0. The summed E-state index contributed by atoms with van der Waals surface area (Å²) in [6.07, 6.45) is 3.32. The number of amides is 3. The smallest absolute Gasteiger partial charge is 0.265 e. The van der Waals surface area contributed by atoms with Crippen LogP contribution in [0.4, 0.5) is 15.8 Å². The maximum atomic E-state index is 14.0. The molecule has 32 heavy (non-hydrogen) atoms. The van der Waals surface area contributed by atoms with Gasteiger partial charge in [-0.15, -0.1) is 0 Å². The number of fused-ring (bicyclic) bond motifs is 2. The summed E-state index contributed by atoms with van der Waals surface area (Å²) >= 11 is 0. The number of hydrogen-bond acceptors (Lipinski definition) is 5. The maximum absolute atomic E-state index is 14.0. The van der Waals surface area contributed by atoms with Crippen molar-refractivity contribution in [1.82, 2.24) is 4.98 Å². The lowest BCUT2D eigenvalue weighted by molar-refractivity contribution is -0.129. The first kappa shape index (κ1) is 21.2. The van der Waals surface area contributed by atoms with Crippen molar-refractivity contribution in [3.8, 4) is 5.75 Å². The molecule has 0 saturated heterocycles. The van der Waals surface area contributed by atoms with Gasteiger partial charge in [0.2, 0.25) is 5.91 Å². The Hall–Kier alpha value is -4.01. The Morgan fingerprint density at radius 3 is 2.69 bits per heavy atom. The van der Waals surface area contributed by atoms with Crippen molar-refractivity contribution in [2.24, 2.45) is 5.73 Å². The van der Waals surface area contributed by atoms with E-state index in [-0.39, 0.29) is 18.0 Å². The highest BCUT2D eigenvalue weighted by Crippen LogP contribution is 2.41. The molecule has 0 aliphatic carbocycles. The third kappa shape index (κ3) is 3.62. The molecule has 3 amide bonds. The lowest BCUT2D eigenvalue weighted by atomic mass is 9.94. The van der Waals surface area contributed by atoms with E-state index in [0.717, 1.165) is 21.7 Å². The highest BCUT2D eigenvalue weighted by atomic mass is 19.1. The van der Waals surface area contributed by atoms with Gasteiger partial charge in [-0.05, 0) is 44.2 Å². The van der Waals surface area contributed by atoms with Crippen molar-refractivity contribution in [2.45, 2.75) is 19.4 Å². The van der Waals surface area contributed by atoms with Crippen LogP contribution in [-0.2, 0) is 14.4 Å². The zero-order valence-corrected chi connectivity index (χ0v) is 17.5. The topological polar surface area (TPSA) is 106 Å². The monoisotopic (exact) mass is 436 g/mol. The minimum absolute atomic E-state index is 0.0951. The average Bonchev–Trinajstić information content (AvgIpc) is 2.75. The molecule has 3 aromatic rings. The highest BCUT2D eigenvalue weighted by Gasteiger charge is 2.47. The van der Waals surface area contributed by atoms with E-state index >= 15 is 0 Å². The van der Waals surface area contributed by atoms with Gasteiger partial charge in [0.05, 0.1) is 11.4 Å². The number of ether oxygens (including phenoxy) is 1. The number of pyridine rings is 1. The van der Waals surface area contributed by atoms with Crippen LogP contribution in [0.3, 0.4) is 0 Å². The van der Waals surface area contributed by atoms with Gasteiger partial charge < -0.3 is 10.5 Å². The third-order valence-electron chi connectivity index (χ3n) is 5.35. The van der Waals surface area contributed by atoms with Crippen molar-refractivity contribution in [3.63, 3.8) is 0 Å². The number of nitrogens with zero attached hydrogens (tertiary/aromatic N) is 3. The molecule has 0 unspecified atom stereocenters. The van der Waals surface area contributed by atoms with Gasteiger partial charge in [-0.2, -0.15) is 0 Å². The van der Waals surface area contributed by atoms with Crippen LogP contribution in [0, 0.1) is 5.82 Å². The molecule has 0 saturated carbocycles. The number of nitrogens with two attached hydrogens (primary N) is 1. The van der Waals surface area contributed by atoms with Crippen molar-refractivity contribution in [2.75, 3.05) is 23.0 Å².